The Hall–Kier alpha value is -2.28. The highest BCUT2D eigenvalue weighted by atomic mass is 79.9. The van der Waals surface area contributed by atoms with E-state index in [-0.39, 0.29) is 23.3 Å². The van der Waals surface area contributed by atoms with Gasteiger partial charge in [0.25, 0.3) is 5.91 Å². The Kier molecular flexibility index (Phi) is 5.10. The summed E-state index contributed by atoms with van der Waals surface area (Å²) < 4.78 is 7.72. The summed E-state index contributed by atoms with van der Waals surface area (Å²) in [5, 5.41) is 11.8. The van der Waals surface area contributed by atoms with Gasteiger partial charge < -0.3 is 19.7 Å². The number of nitrogens with one attached hydrogen (secondary N) is 1. The fourth-order valence-corrected chi connectivity index (χ4v) is 2.63. The first-order chi connectivity index (χ1) is 10.8. The molecule has 7 heteroatoms. The highest BCUT2D eigenvalue weighted by Crippen LogP contribution is 2.25. The van der Waals surface area contributed by atoms with E-state index in [1.165, 1.54) is 25.3 Å². The molecule has 1 heterocycles. The van der Waals surface area contributed by atoms with Crippen LogP contribution in [0, 0.1) is 0 Å². The average Bonchev–Trinajstić information content (AvgIpc) is 2.89. The van der Waals surface area contributed by atoms with E-state index in [4.69, 9.17) is 9.84 Å². The lowest BCUT2D eigenvalue weighted by molar-refractivity contribution is 0.0693. The second-order valence-corrected chi connectivity index (χ2v) is 6.13. The molecule has 0 saturated heterocycles. The van der Waals surface area contributed by atoms with Crippen LogP contribution in [0.15, 0.2) is 34.9 Å². The number of ether oxygens (including phenoxy) is 1. The summed E-state index contributed by atoms with van der Waals surface area (Å²) in [6.45, 7) is 3.96. The Morgan fingerprint density at radius 2 is 2.00 bits per heavy atom. The van der Waals surface area contributed by atoms with Gasteiger partial charge in [0, 0.05) is 28.5 Å². The smallest absolute Gasteiger partial charge is 0.339 e. The summed E-state index contributed by atoms with van der Waals surface area (Å²) in [7, 11) is 1.38. The standard InChI is InChI=1S/C16H17BrN2O4/c1-9(2)19-8-10(17)6-13(19)15(20)18-11-4-5-12(16(21)22)14(7-11)23-3/h4-9H,1-3H3,(H,18,20)(H,21,22). The maximum Gasteiger partial charge on any atom is 0.339 e. The minimum Gasteiger partial charge on any atom is -0.496 e. The molecule has 1 amide bonds. The maximum atomic E-state index is 12.5. The van der Waals surface area contributed by atoms with Crippen molar-refractivity contribution in [1.29, 1.82) is 0 Å². The molecule has 2 aromatic rings. The molecule has 0 aliphatic carbocycles. The molecule has 0 atom stereocenters. The van der Waals surface area contributed by atoms with Crippen LogP contribution in [0.4, 0.5) is 5.69 Å². The zero-order valence-electron chi connectivity index (χ0n) is 13.0. The number of benzene rings is 1. The van der Waals surface area contributed by atoms with Crippen molar-refractivity contribution in [2.75, 3.05) is 12.4 Å². The number of amides is 1. The van der Waals surface area contributed by atoms with Crippen molar-refractivity contribution in [2.24, 2.45) is 0 Å². The minimum absolute atomic E-state index is 0.0406. The number of carboxylic acid groups (broad SMARTS) is 1. The fraction of sp³-hybridized carbons (Fsp3) is 0.250. The summed E-state index contributed by atoms with van der Waals surface area (Å²) in [4.78, 5) is 23.5. The highest BCUT2D eigenvalue weighted by Gasteiger charge is 2.17. The molecule has 6 nitrogen and oxygen atoms in total. The summed E-state index contributed by atoms with van der Waals surface area (Å²) in [6.07, 6.45) is 1.84. The zero-order valence-corrected chi connectivity index (χ0v) is 14.5. The molecule has 0 unspecified atom stereocenters. The third-order valence-electron chi connectivity index (χ3n) is 3.29. The second-order valence-electron chi connectivity index (χ2n) is 5.22. The van der Waals surface area contributed by atoms with Crippen LogP contribution in [0.2, 0.25) is 0 Å². The number of halogens is 1. The Labute approximate surface area is 142 Å². The van der Waals surface area contributed by atoms with Crippen LogP contribution < -0.4 is 10.1 Å². The monoisotopic (exact) mass is 380 g/mol. The number of methoxy groups -OCH3 is 1. The highest BCUT2D eigenvalue weighted by molar-refractivity contribution is 9.10. The van der Waals surface area contributed by atoms with Crippen molar-refractivity contribution in [2.45, 2.75) is 19.9 Å². The zero-order chi connectivity index (χ0) is 17.1. The Bertz CT molecular complexity index is 753. The van der Waals surface area contributed by atoms with Crippen molar-refractivity contribution in [1.82, 2.24) is 4.57 Å². The van der Waals surface area contributed by atoms with Crippen LogP contribution in [0.5, 0.6) is 5.75 Å². The van der Waals surface area contributed by atoms with Crippen molar-refractivity contribution in [3.63, 3.8) is 0 Å². The molecule has 0 radical (unpaired) electrons. The molecule has 0 saturated carbocycles. The third kappa shape index (κ3) is 3.73. The van der Waals surface area contributed by atoms with Gasteiger partial charge in [0.1, 0.15) is 17.0 Å². The molecule has 0 aliphatic rings. The first-order valence-corrected chi connectivity index (χ1v) is 7.72. The van der Waals surface area contributed by atoms with E-state index in [2.05, 4.69) is 21.2 Å². The Balaban J connectivity index is 2.29. The normalized spacial score (nSPS) is 10.7. The van der Waals surface area contributed by atoms with E-state index in [9.17, 15) is 9.59 Å². The van der Waals surface area contributed by atoms with Crippen LogP contribution in [0.25, 0.3) is 0 Å². The summed E-state index contributed by atoms with van der Waals surface area (Å²) in [6, 6.07) is 6.28. The topological polar surface area (TPSA) is 80.6 Å². The van der Waals surface area contributed by atoms with E-state index >= 15 is 0 Å². The molecule has 0 spiro atoms. The summed E-state index contributed by atoms with van der Waals surface area (Å²) in [5.41, 5.74) is 1.01. The SMILES string of the molecule is COc1cc(NC(=O)c2cc(Br)cn2C(C)C)ccc1C(=O)O. The maximum absolute atomic E-state index is 12.5. The molecule has 23 heavy (non-hydrogen) atoms. The van der Waals surface area contributed by atoms with Gasteiger partial charge in [-0.05, 0) is 48.0 Å². The van der Waals surface area contributed by atoms with Crippen LogP contribution >= 0.6 is 15.9 Å². The van der Waals surface area contributed by atoms with E-state index in [0.717, 1.165) is 4.47 Å². The van der Waals surface area contributed by atoms with E-state index in [1.807, 2.05) is 24.6 Å². The van der Waals surface area contributed by atoms with Gasteiger partial charge in [-0.1, -0.05) is 0 Å². The number of anilines is 1. The number of carboxylic acids is 1. The lowest BCUT2D eigenvalue weighted by atomic mass is 10.2. The number of hydrogen-bond donors (Lipinski definition) is 2. The van der Waals surface area contributed by atoms with Gasteiger partial charge in [-0.2, -0.15) is 0 Å². The number of aromatic carboxylic acids is 1. The van der Waals surface area contributed by atoms with E-state index in [0.29, 0.717) is 11.4 Å². The fourth-order valence-electron chi connectivity index (χ4n) is 2.20. The lowest BCUT2D eigenvalue weighted by Crippen LogP contribution is -2.18. The Morgan fingerprint density at radius 3 is 2.57 bits per heavy atom. The van der Waals surface area contributed by atoms with Crippen molar-refractivity contribution in [3.05, 3.63) is 46.2 Å². The third-order valence-corrected chi connectivity index (χ3v) is 3.73. The van der Waals surface area contributed by atoms with Gasteiger partial charge in [-0.15, -0.1) is 0 Å². The number of aromatic nitrogens is 1. The lowest BCUT2D eigenvalue weighted by Gasteiger charge is -2.13. The predicted molar refractivity (Wildman–Crippen MR) is 90.4 cm³/mol. The average molecular weight is 381 g/mol. The molecule has 0 aliphatic heterocycles. The minimum atomic E-state index is -1.09. The second kappa shape index (κ2) is 6.87. The molecule has 2 N–H and O–H groups in total. The van der Waals surface area contributed by atoms with Crippen molar-refractivity contribution in [3.8, 4) is 5.75 Å². The van der Waals surface area contributed by atoms with E-state index < -0.39 is 5.97 Å². The number of nitrogens with zero attached hydrogens (tertiary/aromatic N) is 1. The molecule has 122 valence electrons. The number of hydrogen-bond acceptors (Lipinski definition) is 3. The molecule has 2 rings (SSSR count). The number of carbonyl (C=O) groups excluding carboxylic acids is 1. The molecule has 1 aromatic heterocycles. The van der Waals surface area contributed by atoms with Crippen LogP contribution in [-0.4, -0.2) is 28.7 Å². The van der Waals surface area contributed by atoms with E-state index in [1.54, 1.807) is 6.07 Å². The molecule has 1 aromatic carbocycles. The first kappa shape index (κ1) is 17.1. The number of carbonyl (C=O) groups is 2. The Morgan fingerprint density at radius 1 is 1.30 bits per heavy atom. The van der Waals surface area contributed by atoms with Gasteiger partial charge in [-0.25, -0.2) is 4.79 Å². The van der Waals surface area contributed by atoms with Crippen LogP contribution in [0.1, 0.15) is 40.7 Å². The molecule has 0 fully saturated rings. The van der Waals surface area contributed by atoms with Gasteiger partial charge in [0.2, 0.25) is 0 Å². The number of rotatable bonds is 5. The molecular weight excluding hydrogens is 364 g/mol. The van der Waals surface area contributed by atoms with Crippen LogP contribution in [-0.2, 0) is 0 Å². The van der Waals surface area contributed by atoms with Crippen molar-refractivity contribution >= 4 is 33.5 Å². The van der Waals surface area contributed by atoms with Gasteiger partial charge in [-0.3, -0.25) is 4.79 Å². The largest absolute Gasteiger partial charge is 0.496 e. The quantitative estimate of drug-likeness (QED) is 0.826. The molecule has 0 bridgehead atoms. The molecular formula is C16H17BrN2O4. The summed E-state index contributed by atoms with van der Waals surface area (Å²) in [5.74, 6) is -1.18. The van der Waals surface area contributed by atoms with Gasteiger partial charge in [0.15, 0.2) is 0 Å². The van der Waals surface area contributed by atoms with Crippen molar-refractivity contribution < 1.29 is 19.4 Å². The predicted octanol–water partition coefficient (Wildman–Crippen LogP) is 3.79. The van der Waals surface area contributed by atoms with Crippen LogP contribution in [0.3, 0.4) is 0 Å². The van der Waals surface area contributed by atoms with Gasteiger partial charge in [0.05, 0.1) is 7.11 Å². The first-order valence-electron chi connectivity index (χ1n) is 6.93. The summed E-state index contributed by atoms with van der Waals surface area (Å²) >= 11 is 3.37. The van der Waals surface area contributed by atoms with Gasteiger partial charge >= 0.3 is 5.97 Å².